The number of rotatable bonds is 9. The molecule has 1 aliphatic carbocycles. The Bertz CT molecular complexity index is 1650. The second kappa shape index (κ2) is 11.2. The number of amides is 2. The number of nitrogens with zero attached hydrogens (tertiary/aromatic N) is 3. The van der Waals surface area contributed by atoms with E-state index in [4.69, 9.17) is 26.8 Å². The van der Waals surface area contributed by atoms with Gasteiger partial charge >= 0.3 is 0 Å². The van der Waals surface area contributed by atoms with Crippen molar-refractivity contribution >= 4 is 23.4 Å². The van der Waals surface area contributed by atoms with Crippen LogP contribution in [0, 0.1) is 28.5 Å². The van der Waals surface area contributed by atoms with E-state index in [1.165, 1.54) is 23.2 Å². The highest BCUT2D eigenvalue weighted by molar-refractivity contribution is 6.30. The predicted octanol–water partition coefficient (Wildman–Crippen LogP) is 4.52. The van der Waals surface area contributed by atoms with Crippen molar-refractivity contribution in [3.8, 4) is 6.07 Å². The lowest BCUT2D eigenvalue weighted by atomic mass is 9.77. The van der Waals surface area contributed by atoms with E-state index >= 15 is 4.39 Å². The molecule has 1 saturated heterocycles. The van der Waals surface area contributed by atoms with E-state index in [2.05, 4.69) is 4.98 Å². The van der Waals surface area contributed by atoms with Crippen LogP contribution in [0.15, 0.2) is 54.7 Å². The van der Waals surface area contributed by atoms with Gasteiger partial charge in [0.05, 0.1) is 46.6 Å². The number of carbonyl (C=O) groups excluding carboxylic acids is 2. The van der Waals surface area contributed by atoms with Gasteiger partial charge in [-0.15, -0.1) is 0 Å². The Morgan fingerprint density at radius 3 is 2.55 bits per heavy atom. The fraction of sp³-hybridized carbons (Fsp3) is 0.394. The summed E-state index contributed by atoms with van der Waals surface area (Å²) in [5, 5.41) is 21.4. The summed E-state index contributed by atoms with van der Waals surface area (Å²) in [6.07, 6.45) is 3.58. The van der Waals surface area contributed by atoms with Gasteiger partial charge in [0.1, 0.15) is 11.9 Å². The molecular weight excluding hydrogens is 587 g/mol. The van der Waals surface area contributed by atoms with E-state index in [1.54, 1.807) is 43.3 Å². The Labute approximate surface area is 259 Å². The molecule has 11 heteroatoms. The minimum Gasteiger partial charge on any atom is -0.385 e. The fourth-order valence-corrected chi connectivity index (χ4v) is 6.45. The normalized spacial score (nSPS) is 22.2. The van der Waals surface area contributed by atoms with Gasteiger partial charge in [0, 0.05) is 30.0 Å². The van der Waals surface area contributed by atoms with Crippen LogP contribution < -0.4 is 5.73 Å². The van der Waals surface area contributed by atoms with Gasteiger partial charge < -0.3 is 20.3 Å². The summed E-state index contributed by atoms with van der Waals surface area (Å²) >= 11 is 6.23. The summed E-state index contributed by atoms with van der Waals surface area (Å²) in [5.74, 6) is -2.02. The summed E-state index contributed by atoms with van der Waals surface area (Å²) in [4.78, 5) is 32.6. The number of nitrogens with two attached hydrogens (primary N) is 1. The topological polar surface area (TPSA) is 139 Å². The molecule has 1 aromatic heterocycles. The van der Waals surface area contributed by atoms with Crippen molar-refractivity contribution in [1.82, 2.24) is 9.88 Å². The van der Waals surface area contributed by atoms with Gasteiger partial charge in [0.15, 0.2) is 5.72 Å². The number of aromatic nitrogens is 1. The zero-order valence-electron chi connectivity index (χ0n) is 24.2. The lowest BCUT2D eigenvalue weighted by molar-refractivity contribution is -0.142. The number of ether oxygens (including phenoxy) is 2. The molecule has 2 fully saturated rings. The Morgan fingerprint density at radius 2 is 1.95 bits per heavy atom. The van der Waals surface area contributed by atoms with Gasteiger partial charge in [-0.05, 0) is 80.5 Å². The van der Waals surface area contributed by atoms with E-state index in [9.17, 15) is 20.0 Å². The van der Waals surface area contributed by atoms with Crippen LogP contribution in [0.5, 0.6) is 0 Å². The number of primary amides is 1. The largest absolute Gasteiger partial charge is 0.385 e. The first-order valence-corrected chi connectivity index (χ1v) is 14.9. The first-order valence-electron chi connectivity index (χ1n) is 14.5. The average molecular weight is 619 g/mol. The molecule has 44 heavy (non-hydrogen) atoms. The fourth-order valence-electron chi connectivity index (χ4n) is 6.32. The third-order valence-electron chi connectivity index (χ3n) is 9.33. The van der Waals surface area contributed by atoms with Crippen LogP contribution >= 0.6 is 11.6 Å². The number of aliphatic hydroxyl groups is 1. The number of pyridine rings is 1. The van der Waals surface area contributed by atoms with Crippen molar-refractivity contribution in [3.63, 3.8) is 0 Å². The van der Waals surface area contributed by atoms with Crippen LogP contribution in [0.2, 0.25) is 5.02 Å². The molecule has 2 atom stereocenters. The second-order valence-corrected chi connectivity index (χ2v) is 12.5. The molecule has 2 amide bonds. The summed E-state index contributed by atoms with van der Waals surface area (Å²) in [5.41, 5.74) is 2.97. The Kier molecular flexibility index (Phi) is 7.70. The molecule has 1 saturated carbocycles. The minimum atomic E-state index is -1.83. The van der Waals surface area contributed by atoms with Crippen molar-refractivity contribution < 1.29 is 28.6 Å². The monoisotopic (exact) mass is 618 g/mol. The van der Waals surface area contributed by atoms with Crippen LogP contribution in [0.3, 0.4) is 0 Å². The average Bonchev–Trinajstić information content (AvgIpc) is 3.79. The summed E-state index contributed by atoms with van der Waals surface area (Å²) in [6.45, 7) is 2.32. The molecule has 2 aromatic carbocycles. The molecule has 2 aliphatic heterocycles. The van der Waals surface area contributed by atoms with Gasteiger partial charge in [-0.3, -0.25) is 19.5 Å². The molecule has 3 heterocycles. The van der Waals surface area contributed by atoms with Crippen LogP contribution in [0.25, 0.3) is 0 Å². The number of fused-ring (bicyclic) bond motifs is 1. The maximum Gasteiger partial charge on any atom is 0.257 e. The molecule has 9 nitrogen and oxygen atoms in total. The highest BCUT2D eigenvalue weighted by atomic mass is 35.5. The van der Waals surface area contributed by atoms with E-state index in [1.807, 2.05) is 6.07 Å². The standard InChI is InChI=1S/C33H32ClFN4O5/c1-31(42,21-8-12-43-13-9-21)23-14-26-28(27(35)15-23)33(22-3-5-24(34)6-4-22,44-19-32(10-11-32)30(37)41)39(29(26)40)18-25-7-2-20(16-36)17-38-25/h2-7,14-15,17,21,42H,8-13,18-19H2,1H3,(H2,37,41)/t31?,33-/m1/s1. The zero-order chi connectivity index (χ0) is 31.3. The third-order valence-corrected chi connectivity index (χ3v) is 9.58. The maximum absolute atomic E-state index is 16.7. The summed E-state index contributed by atoms with van der Waals surface area (Å²) in [7, 11) is 0. The maximum atomic E-state index is 16.7. The van der Waals surface area contributed by atoms with Crippen molar-refractivity contribution in [2.75, 3.05) is 19.8 Å². The number of hydrogen-bond donors (Lipinski definition) is 2. The Hall–Kier alpha value is -3.88. The summed E-state index contributed by atoms with van der Waals surface area (Å²) in [6, 6.07) is 14.6. The number of nitriles is 1. The molecule has 3 aliphatic rings. The first-order chi connectivity index (χ1) is 21.0. The highest BCUT2D eigenvalue weighted by Gasteiger charge is 2.58. The number of halogens is 2. The van der Waals surface area contributed by atoms with E-state index in [0.29, 0.717) is 60.7 Å². The first kappa shape index (κ1) is 30.2. The van der Waals surface area contributed by atoms with Crippen LogP contribution in [-0.2, 0) is 32.1 Å². The lowest BCUT2D eigenvalue weighted by Crippen LogP contribution is -2.48. The lowest BCUT2D eigenvalue weighted by Gasteiger charge is -2.40. The zero-order valence-corrected chi connectivity index (χ0v) is 24.9. The molecule has 3 N–H and O–H groups in total. The predicted molar refractivity (Wildman–Crippen MR) is 157 cm³/mol. The SMILES string of the molecule is CC(O)(c1cc(F)c2c(c1)C(=O)N(Cc1ccc(C#N)cn1)[C@@]2(OCC1(C(N)=O)CC1)c1ccc(Cl)cc1)C1CCOCC1. The van der Waals surface area contributed by atoms with Gasteiger partial charge in [0.25, 0.3) is 5.91 Å². The summed E-state index contributed by atoms with van der Waals surface area (Å²) < 4.78 is 28.8. The molecule has 228 valence electrons. The third kappa shape index (κ3) is 5.04. The van der Waals surface area contributed by atoms with E-state index in [0.717, 1.165) is 0 Å². The molecule has 0 bridgehead atoms. The van der Waals surface area contributed by atoms with Gasteiger partial charge in [-0.25, -0.2) is 4.39 Å². The molecule has 0 radical (unpaired) electrons. The molecule has 1 unspecified atom stereocenters. The van der Waals surface area contributed by atoms with E-state index < -0.39 is 34.4 Å². The van der Waals surface area contributed by atoms with Crippen molar-refractivity contribution in [2.45, 2.75) is 50.5 Å². The Morgan fingerprint density at radius 1 is 1.25 bits per heavy atom. The number of carbonyl (C=O) groups is 2. The Balaban J connectivity index is 1.54. The van der Waals surface area contributed by atoms with Gasteiger partial charge in [0.2, 0.25) is 5.91 Å². The van der Waals surface area contributed by atoms with Crippen LogP contribution in [-0.4, -0.2) is 46.6 Å². The van der Waals surface area contributed by atoms with E-state index in [-0.39, 0.29) is 35.8 Å². The molecule has 0 spiro atoms. The molecule has 6 rings (SSSR count). The number of hydrogen-bond acceptors (Lipinski definition) is 7. The molecular formula is C33H32ClFN4O5. The second-order valence-electron chi connectivity index (χ2n) is 12.0. The van der Waals surface area contributed by atoms with Crippen molar-refractivity contribution in [1.29, 1.82) is 5.26 Å². The molecule has 3 aromatic rings. The van der Waals surface area contributed by atoms with Crippen LogP contribution in [0.1, 0.15) is 70.9 Å². The smallest absolute Gasteiger partial charge is 0.257 e. The van der Waals surface area contributed by atoms with Crippen molar-refractivity contribution in [3.05, 3.63) is 99.1 Å². The highest BCUT2D eigenvalue weighted by Crippen LogP contribution is 2.53. The van der Waals surface area contributed by atoms with Crippen LogP contribution in [0.4, 0.5) is 4.39 Å². The number of benzene rings is 2. The van der Waals surface area contributed by atoms with Gasteiger partial charge in [-0.1, -0.05) is 23.7 Å². The van der Waals surface area contributed by atoms with Crippen molar-refractivity contribution in [2.24, 2.45) is 17.1 Å². The minimum absolute atomic E-state index is 0.0276. The quantitative estimate of drug-likeness (QED) is 0.359. The van der Waals surface area contributed by atoms with Gasteiger partial charge in [-0.2, -0.15) is 5.26 Å².